The minimum atomic E-state index is -1.30. The van der Waals surface area contributed by atoms with E-state index in [1.165, 1.54) is 35.6 Å². The second kappa shape index (κ2) is 7.03. The third kappa shape index (κ3) is 3.29. The number of benzene rings is 1. The number of urea groups is 1. The first-order chi connectivity index (χ1) is 13.5. The Bertz CT molecular complexity index is 1030. The van der Waals surface area contributed by atoms with E-state index in [0.29, 0.717) is 5.56 Å². The summed E-state index contributed by atoms with van der Waals surface area (Å²) in [7, 11) is 0. The largest absolute Gasteiger partial charge is 0.369 e. The topological polar surface area (TPSA) is 150 Å². The number of rotatable bonds is 4. The predicted molar refractivity (Wildman–Crippen MR) is 103 cm³/mol. The van der Waals surface area contributed by atoms with E-state index in [1.807, 2.05) is 0 Å². The zero-order chi connectivity index (χ0) is 21.7. The van der Waals surface area contributed by atoms with E-state index >= 15 is 0 Å². The normalized spacial score (nSPS) is 16.4. The van der Waals surface area contributed by atoms with Gasteiger partial charge in [0.05, 0.1) is 34.3 Å². The minimum Gasteiger partial charge on any atom is -0.369 e. The number of primary amides is 3. The Morgan fingerprint density at radius 1 is 1.21 bits per heavy atom. The van der Waals surface area contributed by atoms with Gasteiger partial charge in [-0.3, -0.25) is 14.3 Å². The Hall–Kier alpha value is -3.14. The monoisotopic (exact) mass is 422 g/mol. The summed E-state index contributed by atoms with van der Waals surface area (Å²) < 4.78 is 15.1. The molecule has 1 aromatic carbocycles. The molecule has 2 heterocycles. The summed E-state index contributed by atoms with van der Waals surface area (Å²) in [6.45, 7) is 3.43. The van der Waals surface area contributed by atoms with Crippen LogP contribution >= 0.6 is 11.6 Å². The summed E-state index contributed by atoms with van der Waals surface area (Å²) in [5.41, 5.74) is 16.2. The number of halogens is 2. The van der Waals surface area contributed by atoms with Gasteiger partial charge in [0.2, 0.25) is 5.91 Å². The molecular weight excluding hydrogens is 403 g/mol. The molecule has 11 heteroatoms. The molecular formula is C18H20ClFN6O3. The second-order valence-corrected chi connectivity index (χ2v) is 7.75. The lowest BCUT2D eigenvalue weighted by Gasteiger charge is -2.42. The molecule has 0 saturated carbocycles. The van der Waals surface area contributed by atoms with Crippen molar-refractivity contribution in [2.24, 2.45) is 22.6 Å². The molecule has 1 aliphatic heterocycles. The third-order valence-corrected chi connectivity index (χ3v) is 5.45. The Morgan fingerprint density at radius 3 is 2.38 bits per heavy atom. The molecule has 0 bridgehead atoms. The fraction of sp³-hybridized carbons (Fsp3) is 0.333. The zero-order valence-electron chi connectivity index (χ0n) is 15.8. The van der Waals surface area contributed by atoms with Gasteiger partial charge in [-0.2, -0.15) is 5.10 Å². The SMILES string of the molecule is CC(C)(C(N)=O)C1c2c(C(N)=O)c(-c3ccc(F)c(Cl)c3)nn2CCN1C(N)=O. The standard InChI is InChI=1S/C18H20ClFN6O3/c1-18(2,16(22)28)14-13-11(15(21)27)12(8-3-4-10(20)9(19)7-8)24-26(13)6-5-25(14)17(23)29/h3-4,7,14H,5-6H2,1-2H3,(H2,21,27)(H2,22,28)(H2,23,29). The number of fused-ring (bicyclic) bond motifs is 1. The van der Waals surface area contributed by atoms with Crippen molar-refractivity contribution in [2.45, 2.75) is 26.4 Å². The number of aromatic nitrogens is 2. The number of nitrogens with two attached hydrogens (primary N) is 3. The molecule has 1 atom stereocenters. The zero-order valence-corrected chi connectivity index (χ0v) is 16.5. The summed E-state index contributed by atoms with van der Waals surface area (Å²) in [6.07, 6.45) is 0. The first kappa shape index (κ1) is 20.6. The van der Waals surface area contributed by atoms with Crippen molar-refractivity contribution >= 4 is 29.4 Å². The number of amides is 4. The smallest absolute Gasteiger partial charge is 0.315 e. The van der Waals surface area contributed by atoms with Crippen LogP contribution in [0.4, 0.5) is 9.18 Å². The summed E-state index contributed by atoms with van der Waals surface area (Å²) in [5, 5.41) is 4.28. The van der Waals surface area contributed by atoms with Gasteiger partial charge in [0.25, 0.3) is 5.91 Å². The van der Waals surface area contributed by atoms with E-state index in [4.69, 9.17) is 28.8 Å². The number of hydrogen-bond acceptors (Lipinski definition) is 4. The van der Waals surface area contributed by atoms with Gasteiger partial charge in [0.15, 0.2) is 0 Å². The van der Waals surface area contributed by atoms with Gasteiger partial charge in [0.1, 0.15) is 11.5 Å². The van der Waals surface area contributed by atoms with Crippen LogP contribution in [0.25, 0.3) is 11.3 Å². The Labute approximate surface area is 170 Å². The molecule has 0 saturated heterocycles. The van der Waals surface area contributed by atoms with E-state index in [9.17, 15) is 18.8 Å². The van der Waals surface area contributed by atoms with Gasteiger partial charge in [-0.1, -0.05) is 11.6 Å². The van der Waals surface area contributed by atoms with E-state index in [-0.39, 0.29) is 35.1 Å². The molecule has 1 aromatic heterocycles. The lowest BCUT2D eigenvalue weighted by Crippen LogP contribution is -2.53. The average Bonchev–Trinajstić information content (AvgIpc) is 3.02. The van der Waals surface area contributed by atoms with E-state index in [2.05, 4.69) is 5.10 Å². The minimum absolute atomic E-state index is 0.0158. The maximum atomic E-state index is 13.6. The molecule has 4 amide bonds. The average molecular weight is 423 g/mol. The number of carbonyl (C=O) groups excluding carboxylic acids is 3. The van der Waals surface area contributed by atoms with Crippen molar-refractivity contribution in [3.63, 3.8) is 0 Å². The highest BCUT2D eigenvalue weighted by atomic mass is 35.5. The van der Waals surface area contributed by atoms with Crippen molar-refractivity contribution in [1.82, 2.24) is 14.7 Å². The molecule has 3 rings (SSSR count). The molecule has 9 nitrogen and oxygen atoms in total. The Kier molecular flexibility index (Phi) is 4.99. The van der Waals surface area contributed by atoms with Gasteiger partial charge >= 0.3 is 6.03 Å². The first-order valence-corrected chi connectivity index (χ1v) is 9.06. The first-order valence-electron chi connectivity index (χ1n) is 8.68. The Morgan fingerprint density at radius 2 is 1.86 bits per heavy atom. The van der Waals surface area contributed by atoms with Crippen LogP contribution in [0.1, 0.15) is 35.9 Å². The van der Waals surface area contributed by atoms with E-state index < -0.39 is 35.1 Å². The van der Waals surface area contributed by atoms with Gasteiger partial charge in [-0.05, 0) is 32.0 Å². The predicted octanol–water partition coefficient (Wildman–Crippen LogP) is 1.39. The van der Waals surface area contributed by atoms with Crippen molar-refractivity contribution in [3.8, 4) is 11.3 Å². The molecule has 154 valence electrons. The van der Waals surface area contributed by atoms with Crippen molar-refractivity contribution < 1.29 is 18.8 Å². The van der Waals surface area contributed by atoms with Crippen LogP contribution in [-0.2, 0) is 11.3 Å². The summed E-state index contributed by atoms with van der Waals surface area (Å²) in [5.74, 6) is -2.17. The van der Waals surface area contributed by atoms with E-state index in [1.54, 1.807) is 0 Å². The van der Waals surface area contributed by atoms with Crippen molar-refractivity contribution in [3.05, 3.63) is 40.3 Å². The van der Waals surface area contributed by atoms with Crippen molar-refractivity contribution in [1.29, 1.82) is 0 Å². The van der Waals surface area contributed by atoms with Crippen molar-refractivity contribution in [2.75, 3.05) is 6.54 Å². The van der Waals surface area contributed by atoms with Crippen LogP contribution in [0.15, 0.2) is 18.2 Å². The lowest BCUT2D eigenvalue weighted by molar-refractivity contribution is -0.129. The Balaban J connectivity index is 2.32. The van der Waals surface area contributed by atoms with Gasteiger partial charge in [0, 0.05) is 12.1 Å². The highest BCUT2D eigenvalue weighted by Crippen LogP contribution is 2.44. The molecule has 0 radical (unpaired) electrons. The second-order valence-electron chi connectivity index (χ2n) is 7.35. The number of hydrogen-bond donors (Lipinski definition) is 3. The molecule has 1 aliphatic rings. The number of carbonyl (C=O) groups is 3. The van der Waals surface area contributed by atoms with Crippen LogP contribution < -0.4 is 17.2 Å². The van der Waals surface area contributed by atoms with Gasteiger partial charge in [-0.15, -0.1) is 0 Å². The summed E-state index contributed by atoms with van der Waals surface area (Å²) >= 11 is 5.87. The molecule has 1 unspecified atom stereocenters. The summed E-state index contributed by atoms with van der Waals surface area (Å²) in [6, 6.07) is 2.10. The van der Waals surface area contributed by atoms with Gasteiger partial charge in [-0.25, -0.2) is 9.18 Å². The molecule has 6 N–H and O–H groups in total. The molecule has 0 fully saturated rings. The quantitative estimate of drug-likeness (QED) is 0.681. The maximum absolute atomic E-state index is 13.6. The summed E-state index contributed by atoms with van der Waals surface area (Å²) in [4.78, 5) is 37.9. The molecule has 2 aromatic rings. The van der Waals surface area contributed by atoms with Crippen LogP contribution in [0.3, 0.4) is 0 Å². The lowest BCUT2D eigenvalue weighted by atomic mass is 9.78. The molecule has 0 spiro atoms. The van der Waals surface area contributed by atoms with E-state index in [0.717, 1.165) is 6.07 Å². The fourth-order valence-electron chi connectivity index (χ4n) is 3.59. The highest BCUT2D eigenvalue weighted by Gasteiger charge is 2.48. The third-order valence-electron chi connectivity index (χ3n) is 5.16. The van der Waals surface area contributed by atoms with Crippen LogP contribution in [0.5, 0.6) is 0 Å². The van der Waals surface area contributed by atoms with Gasteiger partial charge < -0.3 is 22.1 Å². The maximum Gasteiger partial charge on any atom is 0.315 e. The van der Waals surface area contributed by atoms with Crippen LogP contribution in [0.2, 0.25) is 5.02 Å². The highest BCUT2D eigenvalue weighted by molar-refractivity contribution is 6.31. The fourth-order valence-corrected chi connectivity index (χ4v) is 3.77. The van der Waals surface area contributed by atoms with Crippen LogP contribution in [0, 0.1) is 11.2 Å². The molecule has 29 heavy (non-hydrogen) atoms. The molecule has 0 aliphatic carbocycles. The number of nitrogens with zero attached hydrogens (tertiary/aromatic N) is 3. The van der Waals surface area contributed by atoms with Crippen LogP contribution in [-0.4, -0.2) is 39.1 Å².